The van der Waals surface area contributed by atoms with Crippen LogP contribution in [0.5, 0.6) is 0 Å². The molecule has 0 aromatic carbocycles. The molecule has 0 spiro atoms. The van der Waals surface area contributed by atoms with Crippen LogP contribution in [0.2, 0.25) is 0 Å². The lowest BCUT2D eigenvalue weighted by molar-refractivity contribution is 0.863. The molecule has 0 amide bonds. The van der Waals surface area contributed by atoms with Gasteiger partial charge in [0.1, 0.15) is 5.82 Å². The highest BCUT2D eigenvalue weighted by atomic mass is 15.0. The van der Waals surface area contributed by atoms with Crippen LogP contribution in [0.15, 0.2) is 30.6 Å². The van der Waals surface area contributed by atoms with Crippen LogP contribution >= 0.6 is 0 Å². The van der Waals surface area contributed by atoms with Crippen molar-refractivity contribution >= 4 is 5.52 Å². The lowest BCUT2D eigenvalue weighted by Gasteiger charge is -1.97. The molecule has 0 atom stereocenters. The van der Waals surface area contributed by atoms with Crippen molar-refractivity contribution in [3.8, 4) is 0 Å². The third-order valence-corrected chi connectivity index (χ3v) is 1.88. The first kappa shape index (κ1) is 7.31. The van der Waals surface area contributed by atoms with Gasteiger partial charge in [-0.05, 0) is 18.7 Å². The Labute approximate surface area is 70.8 Å². The highest BCUT2D eigenvalue weighted by Gasteiger charge is 1.99. The molecule has 0 unspecified atom stereocenters. The molecule has 0 saturated heterocycles. The predicted octanol–water partition coefficient (Wildman–Crippen LogP) is 0.835. The fourth-order valence-corrected chi connectivity index (χ4v) is 1.31. The van der Waals surface area contributed by atoms with E-state index in [9.17, 15) is 0 Å². The molecule has 0 fully saturated rings. The molecular formula is C9H11N3. The van der Waals surface area contributed by atoms with Gasteiger partial charge in [-0.25, -0.2) is 4.98 Å². The highest BCUT2D eigenvalue weighted by Crippen LogP contribution is 2.05. The van der Waals surface area contributed by atoms with Crippen molar-refractivity contribution in [1.82, 2.24) is 9.38 Å². The zero-order chi connectivity index (χ0) is 8.39. The van der Waals surface area contributed by atoms with Crippen molar-refractivity contribution < 1.29 is 0 Å². The van der Waals surface area contributed by atoms with Crippen LogP contribution in [0.4, 0.5) is 0 Å². The standard InChI is InChI=1S/C9H11N3/c10-5-4-9-11-7-8-3-1-2-6-12(8)9/h1-3,6-7H,4-5,10H2. The van der Waals surface area contributed by atoms with Gasteiger partial charge in [0.15, 0.2) is 0 Å². The van der Waals surface area contributed by atoms with E-state index < -0.39 is 0 Å². The van der Waals surface area contributed by atoms with Gasteiger partial charge in [-0.2, -0.15) is 0 Å². The van der Waals surface area contributed by atoms with Gasteiger partial charge < -0.3 is 10.1 Å². The molecule has 0 aliphatic rings. The Morgan fingerprint density at radius 3 is 3.17 bits per heavy atom. The maximum atomic E-state index is 5.46. The third-order valence-electron chi connectivity index (χ3n) is 1.88. The van der Waals surface area contributed by atoms with E-state index in [1.165, 1.54) is 0 Å². The van der Waals surface area contributed by atoms with Gasteiger partial charge in [0, 0.05) is 12.6 Å². The number of nitrogens with two attached hydrogens (primary N) is 1. The summed E-state index contributed by atoms with van der Waals surface area (Å²) in [5.41, 5.74) is 6.58. The minimum atomic E-state index is 0.647. The van der Waals surface area contributed by atoms with Crippen LogP contribution in [0, 0.1) is 0 Å². The molecule has 62 valence electrons. The molecule has 0 saturated carbocycles. The van der Waals surface area contributed by atoms with E-state index in [1.54, 1.807) is 0 Å². The normalized spacial score (nSPS) is 10.8. The first-order valence-electron chi connectivity index (χ1n) is 4.03. The van der Waals surface area contributed by atoms with E-state index in [-0.39, 0.29) is 0 Å². The van der Waals surface area contributed by atoms with Gasteiger partial charge in [0.05, 0.1) is 11.7 Å². The number of aromatic nitrogens is 2. The molecule has 3 nitrogen and oxygen atoms in total. The first-order chi connectivity index (χ1) is 5.92. The maximum Gasteiger partial charge on any atom is 0.114 e. The summed E-state index contributed by atoms with van der Waals surface area (Å²) in [6, 6.07) is 6.03. The van der Waals surface area contributed by atoms with Crippen LogP contribution < -0.4 is 5.73 Å². The SMILES string of the molecule is NCCc1ncc2ccccn12. The predicted molar refractivity (Wildman–Crippen MR) is 48.0 cm³/mol. The van der Waals surface area contributed by atoms with E-state index in [1.807, 2.05) is 30.6 Å². The summed E-state index contributed by atoms with van der Waals surface area (Å²) in [5.74, 6) is 1.04. The van der Waals surface area contributed by atoms with Gasteiger partial charge >= 0.3 is 0 Å². The second kappa shape index (κ2) is 2.95. The van der Waals surface area contributed by atoms with Crippen molar-refractivity contribution in [3.05, 3.63) is 36.4 Å². The lowest BCUT2D eigenvalue weighted by atomic mass is 10.4. The number of pyridine rings is 1. The van der Waals surface area contributed by atoms with Crippen molar-refractivity contribution in [3.63, 3.8) is 0 Å². The van der Waals surface area contributed by atoms with Crippen LogP contribution in [0.1, 0.15) is 5.82 Å². The summed E-state index contributed by atoms with van der Waals surface area (Å²) in [4.78, 5) is 4.27. The Morgan fingerprint density at radius 2 is 2.33 bits per heavy atom. The lowest BCUT2D eigenvalue weighted by Crippen LogP contribution is -2.05. The number of imidazole rings is 1. The molecule has 2 N–H and O–H groups in total. The fraction of sp³-hybridized carbons (Fsp3) is 0.222. The Morgan fingerprint density at radius 1 is 1.42 bits per heavy atom. The van der Waals surface area contributed by atoms with Gasteiger partial charge in [0.25, 0.3) is 0 Å². The van der Waals surface area contributed by atoms with E-state index >= 15 is 0 Å². The number of rotatable bonds is 2. The number of hydrogen-bond acceptors (Lipinski definition) is 2. The molecule has 0 aliphatic carbocycles. The van der Waals surface area contributed by atoms with Crippen LogP contribution in [0.25, 0.3) is 5.52 Å². The molecule has 2 rings (SSSR count). The number of nitrogens with zero attached hydrogens (tertiary/aromatic N) is 2. The second-order valence-corrected chi connectivity index (χ2v) is 2.71. The van der Waals surface area contributed by atoms with Gasteiger partial charge in [-0.1, -0.05) is 6.07 Å². The number of hydrogen-bond donors (Lipinski definition) is 1. The minimum absolute atomic E-state index is 0.647. The third kappa shape index (κ3) is 1.08. The van der Waals surface area contributed by atoms with E-state index in [0.29, 0.717) is 6.54 Å². The largest absolute Gasteiger partial charge is 0.330 e. The average molecular weight is 161 g/mol. The summed E-state index contributed by atoms with van der Waals surface area (Å²) < 4.78 is 2.06. The van der Waals surface area contributed by atoms with Crippen LogP contribution in [-0.4, -0.2) is 15.9 Å². The molecule has 3 heteroatoms. The second-order valence-electron chi connectivity index (χ2n) is 2.71. The molecule has 12 heavy (non-hydrogen) atoms. The fourth-order valence-electron chi connectivity index (χ4n) is 1.31. The minimum Gasteiger partial charge on any atom is -0.330 e. The molecular weight excluding hydrogens is 150 g/mol. The highest BCUT2D eigenvalue weighted by molar-refractivity contribution is 5.45. The smallest absolute Gasteiger partial charge is 0.114 e. The Kier molecular flexibility index (Phi) is 1.80. The van der Waals surface area contributed by atoms with Crippen LogP contribution in [0.3, 0.4) is 0 Å². The first-order valence-corrected chi connectivity index (χ1v) is 4.03. The van der Waals surface area contributed by atoms with Gasteiger partial charge in [0.2, 0.25) is 0 Å². The summed E-state index contributed by atoms with van der Waals surface area (Å²) in [7, 11) is 0. The Balaban J connectivity index is 2.55. The molecule has 2 heterocycles. The van der Waals surface area contributed by atoms with Crippen molar-refractivity contribution in [2.45, 2.75) is 6.42 Å². The summed E-state index contributed by atoms with van der Waals surface area (Å²) in [6.45, 7) is 0.647. The van der Waals surface area contributed by atoms with Crippen LogP contribution in [-0.2, 0) is 6.42 Å². The van der Waals surface area contributed by atoms with E-state index in [2.05, 4.69) is 9.38 Å². The molecule has 0 aliphatic heterocycles. The summed E-state index contributed by atoms with van der Waals surface area (Å²) in [6.07, 6.45) is 4.70. The number of fused-ring (bicyclic) bond motifs is 1. The molecule has 0 bridgehead atoms. The van der Waals surface area contributed by atoms with Gasteiger partial charge in [-0.3, -0.25) is 0 Å². The molecule has 0 radical (unpaired) electrons. The van der Waals surface area contributed by atoms with Crippen molar-refractivity contribution in [2.24, 2.45) is 5.73 Å². The zero-order valence-electron chi connectivity index (χ0n) is 6.77. The van der Waals surface area contributed by atoms with Gasteiger partial charge in [-0.15, -0.1) is 0 Å². The summed E-state index contributed by atoms with van der Waals surface area (Å²) in [5, 5.41) is 0. The monoisotopic (exact) mass is 161 g/mol. The Bertz CT molecular complexity index is 378. The topological polar surface area (TPSA) is 43.3 Å². The van der Waals surface area contributed by atoms with E-state index in [0.717, 1.165) is 17.8 Å². The average Bonchev–Trinajstić information content (AvgIpc) is 2.50. The molecule has 2 aromatic rings. The quantitative estimate of drug-likeness (QED) is 0.709. The summed E-state index contributed by atoms with van der Waals surface area (Å²) >= 11 is 0. The van der Waals surface area contributed by atoms with Crippen molar-refractivity contribution in [2.75, 3.05) is 6.54 Å². The zero-order valence-corrected chi connectivity index (χ0v) is 6.77. The Hall–Kier alpha value is -1.35. The molecule has 2 aromatic heterocycles. The van der Waals surface area contributed by atoms with E-state index in [4.69, 9.17) is 5.73 Å². The van der Waals surface area contributed by atoms with Crippen molar-refractivity contribution in [1.29, 1.82) is 0 Å². The maximum absolute atomic E-state index is 5.46.